The summed E-state index contributed by atoms with van der Waals surface area (Å²) in [5, 5.41) is 0. The van der Waals surface area contributed by atoms with Crippen LogP contribution in [0.4, 0.5) is 0 Å². The third kappa shape index (κ3) is 6.06. The molecule has 1 rings (SSSR count). The van der Waals surface area contributed by atoms with E-state index < -0.39 is 0 Å². The van der Waals surface area contributed by atoms with E-state index in [0.29, 0.717) is 11.5 Å². The molecule has 0 amide bonds. The zero-order chi connectivity index (χ0) is 10.6. The molecule has 0 N–H and O–H groups in total. The van der Waals surface area contributed by atoms with Crippen molar-refractivity contribution in [3.63, 3.8) is 0 Å². The van der Waals surface area contributed by atoms with Crippen LogP contribution in [0.2, 0.25) is 0 Å². The molecule has 0 bridgehead atoms. The Morgan fingerprint density at radius 2 is 1.13 bits per heavy atom. The number of rotatable bonds is 2. The molecule has 0 aliphatic rings. The van der Waals surface area contributed by atoms with Gasteiger partial charge in [-0.2, -0.15) is 0 Å². The van der Waals surface area contributed by atoms with Gasteiger partial charge in [0.15, 0.2) is 0 Å². The molecular weight excluding hydrogens is 223 g/mol. The van der Waals surface area contributed by atoms with Crippen molar-refractivity contribution in [2.75, 3.05) is 0 Å². The zero-order valence-corrected chi connectivity index (χ0v) is 7.94. The maximum atomic E-state index is 10.6. The molecule has 1 aromatic rings. The first-order valence-corrected chi connectivity index (χ1v) is 4.05. The predicted molar refractivity (Wildman–Crippen MR) is 56.2 cm³/mol. The maximum absolute atomic E-state index is 10.6. The Balaban J connectivity index is 0.00000196. The van der Waals surface area contributed by atoms with Gasteiger partial charge in [-0.25, -0.2) is 0 Å². The molecule has 0 spiro atoms. The van der Waals surface area contributed by atoms with Gasteiger partial charge in [-0.1, -0.05) is 0 Å². The Morgan fingerprint density at radius 3 is 1.33 bits per heavy atom. The predicted octanol–water partition coefficient (Wildman–Crippen LogP) is 0.889. The van der Waals surface area contributed by atoms with E-state index >= 15 is 0 Å². The summed E-state index contributed by atoms with van der Waals surface area (Å²) in [5.41, 5.74) is 0. The molecule has 0 heterocycles. The third-order valence-electron chi connectivity index (χ3n) is 1.35. The fourth-order valence-electron chi connectivity index (χ4n) is 0.908. The van der Waals surface area contributed by atoms with E-state index in [4.69, 9.17) is 9.47 Å². The van der Waals surface area contributed by atoms with Crippen LogP contribution in [0.15, 0.2) is 24.3 Å². The van der Waals surface area contributed by atoms with Gasteiger partial charge in [-0.3, -0.25) is 9.59 Å². The molecular formula is C10H11KO4. The van der Waals surface area contributed by atoms with Crippen molar-refractivity contribution in [2.24, 2.45) is 0 Å². The number of ether oxygens (including phenoxy) is 2. The van der Waals surface area contributed by atoms with Gasteiger partial charge in [0.05, 0.1) is 0 Å². The van der Waals surface area contributed by atoms with Gasteiger partial charge >= 0.3 is 63.3 Å². The molecule has 1 aromatic carbocycles. The summed E-state index contributed by atoms with van der Waals surface area (Å²) in [7, 11) is 0. The molecule has 0 aliphatic carbocycles. The van der Waals surface area contributed by atoms with E-state index in [9.17, 15) is 9.59 Å². The fraction of sp³-hybridized carbons (Fsp3) is 0.200. The second kappa shape index (κ2) is 7.13. The van der Waals surface area contributed by atoms with E-state index in [1.165, 1.54) is 13.8 Å². The third-order valence-corrected chi connectivity index (χ3v) is 1.35. The molecule has 0 aromatic heterocycles. The van der Waals surface area contributed by atoms with E-state index in [1.807, 2.05) is 0 Å². The van der Waals surface area contributed by atoms with Gasteiger partial charge in [0.2, 0.25) is 0 Å². The summed E-state index contributed by atoms with van der Waals surface area (Å²) in [5.74, 6) is 0.0808. The monoisotopic (exact) mass is 234 g/mol. The van der Waals surface area contributed by atoms with Crippen LogP contribution in [0, 0.1) is 0 Å². The Bertz CT molecular complexity index is 310. The van der Waals surface area contributed by atoms with Crippen LogP contribution in [0.3, 0.4) is 0 Å². The van der Waals surface area contributed by atoms with Crippen LogP contribution in [-0.2, 0) is 9.59 Å². The summed E-state index contributed by atoms with van der Waals surface area (Å²) in [4.78, 5) is 21.1. The first-order valence-electron chi connectivity index (χ1n) is 4.05. The summed E-state index contributed by atoms with van der Waals surface area (Å²) < 4.78 is 9.59. The molecule has 0 saturated heterocycles. The van der Waals surface area contributed by atoms with Gasteiger partial charge < -0.3 is 9.47 Å². The van der Waals surface area contributed by atoms with Crippen LogP contribution in [-0.4, -0.2) is 63.3 Å². The number of carbonyl (C=O) groups excluding carboxylic acids is 2. The molecule has 76 valence electrons. The fourth-order valence-corrected chi connectivity index (χ4v) is 0.908. The molecule has 0 radical (unpaired) electrons. The molecule has 0 aliphatic heterocycles. The summed E-state index contributed by atoms with van der Waals surface area (Å²) in [6, 6.07) is 6.22. The Morgan fingerprint density at radius 1 is 0.867 bits per heavy atom. The van der Waals surface area contributed by atoms with Gasteiger partial charge in [-0.15, -0.1) is 0 Å². The van der Waals surface area contributed by atoms with Crippen molar-refractivity contribution in [3.8, 4) is 11.5 Å². The summed E-state index contributed by atoms with van der Waals surface area (Å²) in [6.07, 6.45) is 0. The second-order valence-electron chi connectivity index (χ2n) is 2.66. The Labute approximate surface area is 130 Å². The average molecular weight is 234 g/mol. The first kappa shape index (κ1) is 14.8. The average Bonchev–Trinajstić information content (AvgIpc) is 2.06. The van der Waals surface area contributed by atoms with Crippen molar-refractivity contribution < 1.29 is 19.1 Å². The van der Waals surface area contributed by atoms with Crippen LogP contribution in [0.1, 0.15) is 13.8 Å². The molecule has 0 atom stereocenters. The van der Waals surface area contributed by atoms with Crippen LogP contribution >= 0.6 is 0 Å². The molecule has 0 unspecified atom stereocenters. The van der Waals surface area contributed by atoms with Crippen LogP contribution in [0.5, 0.6) is 11.5 Å². The van der Waals surface area contributed by atoms with Crippen molar-refractivity contribution in [2.45, 2.75) is 13.8 Å². The normalized spacial score (nSPS) is 8.67. The standard InChI is InChI=1S/C10H10O4.K.H/c1-7(11)13-9-3-5-10(6-4-9)14-8(2)12;;/h3-6H,1-2H3;;. The Hall–Kier alpha value is -0.204. The number of benzene rings is 1. The SMILES string of the molecule is CC(=O)Oc1ccc(OC(C)=O)cc1.[KH]. The second-order valence-corrected chi connectivity index (χ2v) is 2.66. The zero-order valence-electron chi connectivity index (χ0n) is 7.94. The number of esters is 2. The van der Waals surface area contributed by atoms with Gasteiger partial charge in [0.25, 0.3) is 0 Å². The van der Waals surface area contributed by atoms with Gasteiger partial charge in [-0.05, 0) is 24.3 Å². The molecule has 5 heteroatoms. The number of hydrogen-bond donors (Lipinski definition) is 0. The number of carbonyl (C=O) groups is 2. The van der Waals surface area contributed by atoms with E-state index in [0.717, 1.165) is 0 Å². The molecule has 4 nitrogen and oxygen atoms in total. The quantitative estimate of drug-likeness (QED) is 0.433. The first-order chi connectivity index (χ1) is 6.58. The molecule has 15 heavy (non-hydrogen) atoms. The van der Waals surface area contributed by atoms with Crippen molar-refractivity contribution >= 4 is 63.3 Å². The Kier molecular flexibility index (Phi) is 7.04. The minimum atomic E-state index is -0.384. The van der Waals surface area contributed by atoms with E-state index in [1.54, 1.807) is 24.3 Å². The van der Waals surface area contributed by atoms with Crippen molar-refractivity contribution in [1.82, 2.24) is 0 Å². The molecule has 0 fully saturated rings. The minimum absolute atomic E-state index is 0. The van der Waals surface area contributed by atoms with E-state index in [2.05, 4.69) is 0 Å². The van der Waals surface area contributed by atoms with Crippen molar-refractivity contribution in [3.05, 3.63) is 24.3 Å². The molecule has 0 saturated carbocycles. The van der Waals surface area contributed by atoms with E-state index in [-0.39, 0.29) is 63.3 Å². The summed E-state index contributed by atoms with van der Waals surface area (Å²) >= 11 is 0. The topological polar surface area (TPSA) is 52.6 Å². The van der Waals surface area contributed by atoms with Crippen LogP contribution in [0.25, 0.3) is 0 Å². The van der Waals surface area contributed by atoms with Crippen LogP contribution < -0.4 is 9.47 Å². The number of hydrogen-bond acceptors (Lipinski definition) is 4. The summed E-state index contributed by atoms with van der Waals surface area (Å²) in [6.45, 7) is 2.64. The van der Waals surface area contributed by atoms with Gasteiger partial charge in [0.1, 0.15) is 11.5 Å². The van der Waals surface area contributed by atoms with Crippen molar-refractivity contribution in [1.29, 1.82) is 0 Å². The van der Waals surface area contributed by atoms with Gasteiger partial charge in [0, 0.05) is 13.8 Å².